The van der Waals surface area contributed by atoms with Gasteiger partial charge in [-0.15, -0.1) is 10.2 Å². The third-order valence-electron chi connectivity index (χ3n) is 4.26. The van der Waals surface area contributed by atoms with Gasteiger partial charge < -0.3 is 10.6 Å². The Balaban J connectivity index is 1.63. The topological polar surface area (TPSA) is 66.9 Å². The molecule has 3 rings (SSSR count). The summed E-state index contributed by atoms with van der Waals surface area (Å²) in [5.41, 5.74) is 4.61. The largest absolute Gasteiger partial charge is 0.364 e. The van der Waals surface area contributed by atoms with Crippen molar-refractivity contribution in [2.24, 2.45) is 0 Å². The zero-order valence-corrected chi connectivity index (χ0v) is 15.0. The maximum absolute atomic E-state index is 12.4. The number of hydrogen-bond acceptors (Lipinski definition) is 4. The van der Waals surface area contributed by atoms with E-state index in [1.54, 1.807) is 12.1 Å². The number of carbonyl (C=O) groups excluding carboxylic acids is 1. The van der Waals surface area contributed by atoms with Gasteiger partial charge in [-0.3, -0.25) is 4.79 Å². The fourth-order valence-corrected chi connectivity index (χ4v) is 2.68. The van der Waals surface area contributed by atoms with Crippen LogP contribution in [-0.4, -0.2) is 16.1 Å². The number of nitrogens with zero attached hydrogens (tertiary/aromatic N) is 2. The number of aromatic nitrogens is 2. The highest BCUT2D eigenvalue weighted by atomic mass is 16.1. The van der Waals surface area contributed by atoms with Gasteiger partial charge in [0.2, 0.25) is 0 Å². The molecular weight excluding hydrogens is 324 g/mol. The van der Waals surface area contributed by atoms with E-state index in [0.717, 1.165) is 17.7 Å². The van der Waals surface area contributed by atoms with Crippen LogP contribution >= 0.6 is 0 Å². The first-order valence-electron chi connectivity index (χ1n) is 8.68. The number of nitrogens with one attached hydrogen (secondary N) is 2. The highest BCUT2D eigenvalue weighted by Crippen LogP contribution is 2.16. The van der Waals surface area contributed by atoms with Crippen molar-refractivity contribution in [2.45, 2.75) is 26.8 Å². The quantitative estimate of drug-likeness (QED) is 0.701. The molecule has 0 saturated carbocycles. The van der Waals surface area contributed by atoms with Crippen molar-refractivity contribution in [3.63, 3.8) is 0 Å². The van der Waals surface area contributed by atoms with Gasteiger partial charge in [-0.05, 0) is 48.2 Å². The molecule has 1 amide bonds. The molecule has 26 heavy (non-hydrogen) atoms. The molecule has 1 aromatic heterocycles. The summed E-state index contributed by atoms with van der Waals surface area (Å²) < 4.78 is 0. The molecule has 0 aliphatic rings. The molecule has 1 heterocycles. The molecule has 132 valence electrons. The summed E-state index contributed by atoms with van der Waals surface area (Å²) in [4.78, 5) is 12.4. The summed E-state index contributed by atoms with van der Waals surface area (Å²) in [5.74, 6) is 0.377. The molecule has 2 N–H and O–H groups in total. The summed E-state index contributed by atoms with van der Waals surface area (Å²) in [6, 6.07) is 19.4. The molecule has 0 spiro atoms. The van der Waals surface area contributed by atoms with E-state index in [4.69, 9.17) is 0 Å². The Morgan fingerprint density at radius 3 is 2.35 bits per heavy atom. The highest BCUT2D eigenvalue weighted by Gasteiger charge is 2.10. The number of hydrogen-bond donors (Lipinski definition) is 2. The third-order valence-corrected chi connectivity index (χ3v) is 4.26. The fourth-order valence-electron chi connectivity index (χ4n) is 2.68. The molecule has 0 fully saturated rings. The third kappa shape index (κ3) is 4.25. The Hall–Kier alpha value is -3.21. The minimum atomic E-state index is -0.260. The van der Waals surface area contributed by atoms with Crippen molar-refractivity contribution < 1.29 is 4.79 Å². The maximum Gasteiger partial charge on any atom is 0.276 e. The highest BCUT2D eigenvalue weighted by molar-refractivity contribution is 6.03. The summed E-state index contributed by atoms with van der Waals surface area (Å²) in [7, 11) is 0. The molecule has 5 nitrogen and oxygen atoms in total. The second kappa shape index (κ2) is 8.25. The van der Waals surface area contributed by atoms with Crippen molar-refractivity contribution in [1.82, 2.24) is 10.2 Å². The Morgan fingerprint density at radius 2 is 1.65 bits per heavy atom. The standard InChI is InChI=1S/C21H22N4O/c1-3-16-9-6-7-11-18(16)23-21(26)19-12-13-20(25-24-19)22-14-17-10-5-4-8-15(17)2/h4-13H,3,14H2,1-2H3,(H,22,25)(H,23,26). The zero-order chi connectivity index (χ0) is 18.4. The molecule has 0 radical (unpaired) electrons. The summed E-state index contributed by atoms with van der Waals surface area (Å²) in [6.07, 6.45) is 0.851. The number of amides is 1. The van der Waals surface area contributed by atoms with Gasteiger partial charge in [-0.2, -0.15) is 0 Å². The average Bonchev–Trinajstić information content (AvgIpc) is 2.68. The SMILES string of the molecule is CCc1ccccc1NC(=O)c1ccc(NCc2ccccc2C)nn1. The van der Waals surface area contributed by atoms with Gasteiger partial charge in [-0.1, -0.05) is 49.4 Å². The summed E-state index contributed by atoms with van der Waals surface area (Å²) >= 11 is 0. The molecule has 3 aromatic rings. The average molecular weight is 346 g/mol. The van der Waals surface area contributed by atoms with E-state index in [9.17, 15) is 4.79 Å². The van der Waals surface area contributed by atoms with E-state index in [1.165, 1.54) is 11.1 Å². The number of aryl methyl sites for hydroxylation is 2. The minimum absolute atomic E-state index is 0.260. The van der Waals surface area contributed by atoms with Crippen molar-refractivity contribution in [3.05, 3.63) is 83.0 Å². The Labute approximate surface area is 153 Å². The molecule has 5 heteroatoms. The minimum Gasteiger partial charge on any atom is -0.364 e. The van der Waals surface area contributed by atoms with Crippen molar-refractivity contribution >= 4 is 17.4 Å². The predicted molar refractivity (Wildman–Crippen MR) is 104 cm³/mol. The van der Waals surface area contributed by atoms with Crippen molar-refractivity contribution in [3.8, 4) is 0 Å². The zero-order valence-electron chi connectivity index (χ0n) is 15.0. The fraction of sp³-hybridized carbons (Fsp3) is 0.190. The smallest absolute Gasteiger partial charge is 0.276 e. The number of carbonyl (C=O) groups is 1. The van der Waals surface area contributed by atoms with Crippen molar-refractivity contribution in [2.75, 3.05) is 10.6 Å². The van der Waals surface area contributed by atoms with Gasteiger partial charge in [0.05, 0.1) is 0 Å². The lowest BCUT2D eigenvalue weighted by molar-refractivity contribution is 0.102. The lowest BCUT2D eigenvalue weighted by Gasteiger charge is -2.10. The van der Waals surface area contributed by atoms with Gasteiger partial charge >= 0.3 is 0 Å². The van der Waals surface area contributed by atoms with Crippen LogP contribution in [0.5, 0.6) is 0 Å². The van der Waals surface area contributed by atoms with Crippen LogP contribution in [0, 0.1) is 6.92 Å². The van der Waals surface area contributed by atoms with E-state index in [-0.39, 0.29) is 11.6 Å². The molecular formula is C21H22N4O. The molecule has 0 bridgehead atoms. The lowest BCUT2D eigenvalue weighted by atomic mass is 10.1. The Kier molecular flexibility index (Phi) is 5.59. The number of para-hydroxylation sites is 1. The van der Waals surface area contributed by atoms with Crippen LogP contribution in [-0.2, 0) is 13.0 Å². The van der Waals surface area contributed by atoms with E-state index < -0.39 is 0 Å². The normalized spacial score (nSPS) is 10.4. The second-order valence-electron chi connectivity index (χ2n) is 6.05. The van der Waals surface area contributed by atoms with E-state index in [1.807, 2.05) is 36.4 Å². The maximum atomic E-state index is 12.4. The van der Waals surface area contributed by atoms with Crippen LogP contribution in [0.4, 0.5) is 11.5 Å². The van der Waals surface area contributed by atoms with Gasteiger partial charge in [0.25, 0.3) is 5.91 Å². The molecule has 0 aliphatic heterocycles. The predicted octanol–water partition coefficient (Wildman–Crippen LogP) is 4.21. The van der Waals surface area contributed by atoms with Crippen LogP contribution in [0.1, 0.15) is 34.1 Å². The van der Waals surface area contributed by atoms with E-state index in [0.29, 0.717) is 12.4 Å². The monoisotopic (exact) mass is 346 g/mol. The Bertz CT molecular complexity index is 891. The Morgan fingerprint density at radius 1 is 0.923 bits per heavy atom. The van der Waals surface area contributed by atoms with Gasteiger partial charge in [0.15, 0.2) is 5.69 Å². The first-order valence-corrected chi connectivity index (χ1v) is 8.68. The first kappa shape index (κ1) is 17.6. The number of anilines is 2. The van der Waals surface area contributed by atoms with Crippen LogP contribution in [0.3, 0.4) is 0 Å². The van der Waals surface area contributed by atoms with Crippen LogP contribution in [0.25, 0.3) is 0 Å². The lowest BCUT2D eigenvalue weighted by Crippen LogP contribution is -2.16. The number of rotatable bonds is 6. The van der Waals surface area contributed by atoms with Crippen LogP contribution < -0.4 is 10.6 Å². The molecule has 0 unspecified atom stereocenters. The van der Waals surface area contributed by atoms with E-state index >= 15 is 0 Å². The molecule has 0 saturated heterocycles. The van der Waals surface area contributed by atoms with E-state index in [2.05, 4.69) is 46.8 Å². The van der Waals surface area contributed by atoms with Crippen LogP contribution in [0.2, 0.25) is 0 Å². The van der Waals surface area contributed by atoms with Gasteiger partial charge in [0, 0.05) is 12.2 Å². The first-order chi connectivity index (χ1) is 12.7. The second-order valence-corrected chi connectivity index (χ2v) is 6.05. The van der Waals surface area contributed by atoms with Gasteiger partial charge in [0.1, 0.15) is 5.82 Å². The number of benzene rings is 2. The molecule has 2 aromatic carbocycles. The van der Waals surface area contributed by atoms with Gasteiger partial charge in [-0.25, -0.2) is 0 Å². The molecule has 0 aliphatic carbocycles. The molecule has 0 atom stereocenters. The van der Waals surface area contributed by atoms with Crippen LogP contribution in [0.15, 0.2) is 60.7 Å². The summed E-state index contributed by atoms with van der Waals surface area (Å²) in [6.45, 7) is 4.79. The summed E-state index contributed by atoms with van der Waals surface area (Å²) in [5, 5.41) is 14.3. The van der Waals surface area contributed by atoms with Crippen molar-refractivity contribution in [1.29, 1.82) is 0 Å².